The zero-order valence-electron chi connectivity index (χ0n) is 7.21. The molecule has 0 saturated carbocycles. The lowest BCUT2D eigenvalue weighted by Crippen LogP contribution is -2.09. The molecule has 2 aromatic heterocycles. The highest BCUT2D eigenvalue weighted by molar-refractivity contribution is 9.10. The molecular formula is C6H8BrN7. The van der Waals surface area contributed by atoms with Crippen LogP contribution in [0.1, 0.15) is 0 Å². The molecule has 0 radical (unpaired) electrons. The fourth-order valence-electron chi connectivity index (χ4n) is 1.03. The van der Waals surface area contributed by atoms with Crippen LogP contribution in [0.2, 0.25) is 0 Å². The molecule has 8 heteroatoms. The number of halogens is 1. The van der Waals surface area contributed by atoms with Crippen LogP contribution in [0.15, 0.2) is 17.4 Å². The predicted molar refractivity (Wildman–Crippen MR) is 52.2 cm³/mol. The molecule has 0 spiro atoms. The van der Waals surface area contributed by atoms with Crippen LogP contribution < -0.4 is 5.73 Å². The van der Waals surface area contributed by atoms with E-state index in [1.54, 1.807) is 15.7 Å². The number of hydrogen-bond donors (Lipinski definition) is 1. The molecule has 2 N–H and O–H groups in total. The standard InChI is InChI=1S/C6H8BrN7/c7-5-11-6(8)12-14(5)2-1-13-4-9-3-10-13/h3-4H,1-2H2,(H2,8,12). The Balaban J connectivity index is 2.01. The summed E-state index contributed by atoms with van der Waals surface area (Å²) in [5.41, 5.74) is 5.42. The number of nitrogen functional groups attached to an aromatic ring is 1. The number of nitrogens with zero attached hydrogens (tertiary/aromatic N) is 6. The maximum absolute atomic E-state index is 5.42. The molecule has 0 saturated heterocycles. The molecule has 0 aliphatic heterocycles. The van der Waals surface area contributed by atoms with E-state index in [2.05, 4.69) is 36.1 Å². The summed E-state index contributed by atoms with van der Waals surface area (Å²) >= 11 is 3.25. The second-order valence-corrected chi connectivity index (χ2v) is 3.33. The molecule has 0 aliphatic carbocycles. The van der Waals surface area contributed by atoms with Crippen molar-refractivity contribution in [3.8, 4) is 0 Å². The quantitative estimate of drug-likeness (QED) is 0.831. The van der Waals surface area contributed by atoms with Gasteiger partial charge >= 0.3 is 0 Å². The molecule has 0 fully saturated rings. The number of hydrogen-bond acceptors (Lipinski definition) is 5. The van der Waals surface area contributed by atoms with E-state index in [-0.39, 0.29) is 5.95 Å². The zero-order valence-corrected chi connectivity index (χ0v) is 8.79. The summed E-state index contributed by atoms with van der Waals surface area (Å²) in [6.45, 7) is 1.33. The van der Waals surface area contributed by atoms with E-state index in [0.717, 1.165) is 0 Å². The van der Waals surface area contributed by atoms with Gasteiger partial charge in [-0.1, -0.05) is 0 Å². The molecule has 0 aromatic carbocycles. The summed E-state index contributed by atoms with van der Waals surface area (Å²) in [5.74, 6) is 0.260. The first-order chi connectivity index (χ1) is 6.75. The Morgan fingerprint density at radius 3 is 2.86 bits per heavy atom. The van der Waals surface area contributed by atoms with E-state index in [1.165, 1.54) is 6.33 Å². The molecule has 2 aromatic rings. The van der Waals surface area contributed by atoms with Gasteiger partial charge in [0.2, 0.25) is 5.95 Å². The average molecular weight is 258 g/mol. The Labute approximate surface area is 88.1 Å². The van der Waals surface area contributed by atoms with E-state index < -0.39 is 0 Å². The van der Waals surface area contributed by atoms with Crippen molar-refractivity contribution >= 4 is 21.9 Å². The second-order valence-electron chi connectivity index (χ2n) is 2.62. The lowest BCUT2D eigenvalue weighted by Gasteiger charge is -2.00. The van der Waals surface area contributed by atoms with Crippen molar-refractivity contribution in [2.75, 3.05) is 5.73 Å². The number of aromatic nitrogens is 6. The fraction of sp³-hybridized carbons (Fsp3) is 0.333. The van der Waals surface area contributed by atoms with Crippen LogP contribution in [0.3, 0.4) is 0 Å². The highest BCUT2D eigenvalue weighted by atomic mass is 79.9. The second kappa shape index (κ2) is 3.74. The van der Waals surface area contributed by atoms with Crippen molar-refractivity contribution in [3.05, 3.63) is 17.4 Å². The summed E-state index contributed by atoms with van der Waals surface area (Å²) in [4.78, 5) is 7.74. The molecule has 14 heavy (non-hydrogen) atoms. The number of anilines is 1. The van der Waals surface area contributed by atoms with Gasteiger partial charge in [-0.05, 0) is 15.9 Å². The van der Waals surface area contributed by atoms with E-state index in [4.69, 9.17) is 5.73 Å². The van der Waals surface area contributed by atoms with Crippen LogP contribution in [0.5, 0.6) is 0 Å². The van der Waals surface area contributed by atoms with Crippen LogP contribution >= 0.6 is 15.9 Å². The van der Waals surface area contributed by atoms with Gasteiger partial charge < -0.3 is 5.73 Å². The van der Waals surface area contributed by atoms with Crippen LogP contribution in [0.4, 0.5) is 5.95 Å². The van der Waals surface area contributed by atoms with Gasteiger partial charge in [-0.2, -0.15) is 10.1 Å². The maximum Gasteiger partial charge on any atom is 0.240 e. The molecule has 0 atom stereocenters. The molecule has 2 heterocycles. The summed E-state index contributed by atoms with van der Waals surface area (Å²) in [6.07, 6.45) is 3.14. The maximum atomic E-state index is 5.42. The first-order valence-electron chi connectivity index (χ1n) is 3.94. The van der Waals surface area contributed by atoms with Gasteiger partial charge in [0.1, 0.15) is 12.7 Å². The topological polar surface area (TPSA) is 87.4 Å². The van der Waals surface area contributed by atoms with Crippen molar-refractivity contribution in [1.82, 2.24) is 29.5 Å². The van der Waals surface area contributed by atoms with Crippen molar-refractivity contribution < 1.29 is 0 Å². The smallest absolute Gasteiger partial charge is 0.240 e. The molecule has 7 nitrogen and oxygen atoms in total. The van der Waals surface area contributed by atoms with Gasteiger partial charge in [0.25, 0.3) is 0 Å². The molecule has 0 aliphatic rings. The van der Waals surface area contributed by atoms with Gasteiger partial charge in [-0.3, -0.25) is 4.68 Å². The first-order valence-corrected chi connectivity index (χ1v) is 4.73. The van der Waals surface area contributed by atoms with Gasteiger partial charge in [-0.15, -0.1) is 5.10 Å². The minimum atomic E-state index is 0.260. The molecule has 74 valence electrons. The molecule has 0 unspecified atom stereocenters. The van der Waals surface area contributed by atoms with E-state index in [0.29, 0.717) is 17.8 Å². The van der Waals surface area contributed by atoms with E-state index in [1.807, 2.05) is 0 Å². The largest absolute Gasteiger partial charge is 0.366 e. The highest BCUT2D eigenvalue weighted by Gasteiger charge is 2.03. The van der Waals surface area contributed by atoms with Crippen LogP contribution in [0, 0.1) is 0 Å². The first kappa shape index (κ1) is 9.13. The average Bonchev–Trinajstić information content (AvgIpc) is 2.72. The lowest BCUT2D eigenvalue weighted by molar-refractivity contribution is 0.492. The third-order valence-corrected chi connectivity index (χ3v) is 2.24. The number of nitrogens with two attached hydrogens (primary N) is 1. The molecule has 0 bridgehead atoms. The van der Waals surface area contributed by atoms with Crippen molar-refractivity contribution in [3.63, 3.8) is 0 Å². The van der Waals surface area contributed by atoms with Crippen molar-refractivity contribution in [2.24, 2.45) is 0 Å². The van der Waals surface area contributed by atoms with Gasteiger partial charge in [0, 0.05) is 0 Å². The van der Waals surface area contributed by atoms with Gasteiger partial charge in [0.15, 0.2) is 4.73 Å². The SMILES string of the molecule is Nc1nc(Br)n(CCn2cncn2)n1. The normalized spacial score (nSPS) is 10.6. The lowest BCUT2D eigenvalue weighted by atomic mass is 10.6. The fourth-order valence-corrected chi connectivity index (χ4v) is 1.47. The Morgan fingerprint density at radius 1 is 1.43 bits per heavy atom. The Morgan fingerprint density at radius 2 is 2.29 bits per heavy atom. The minimum Gasteiger partial charge on any atom is -0.366 e. The third-order valence-electron chi connectivity index (χ3n) is 1.65. The van der Waals surface area contributed by atoms with E-state index >= 15 is 0 Å². The number of rotatable bonds is 3. The van der Waals surface area contributed by atoms with Crippen molar-refractivity contribution in [1.29, 1.82) is 0 Å². The summed E-state index contributed by atoms with van der Waals surface area (Å²) in [6, 6.07) is 0. The van der Waals surface area contributed by atoms with Crippen LogP contribution in [-0.4, -0.2) is 29.5 Å². The summed E-state index contributed by atoms with van der Waals surface area (Å²) in [7, 11) is 0. The highest BCUT2D eigenvalue weighted by Crippen LogP contribution is 2.07. The van der Waals surface area contributed by atoms with Gasteiger partial charge in [-0.25, -0.2) is 9.67 Å². The molecule has 2 rings (SSSR count). The third kappa shape index (κ3) is 1.90. The van der Waals surface area contributed by atoms with E-state index in [9.17, 15) is 0 Å². The Bertz CT molecular complexity index is 406. The number of aryl methyl sites for hydroxylation is 2. The Kier molecular flexibility index (Phi) is 2.44. The van der Waals surface area contributed by atoms with Gasteiger partial charge in [0.05, 0.1) is 13.1 Å². The molecular weight excluding hydrogens is 250 g/mol. The minimum absolute atomic E-state index is 0.260. The molecule has 0 amide bonds. The Hall–Kier alpha value is -1.44. The summed E-state index contributed by atoms with van der Waals surface area (Å²) < 4.78 is 4.00. The zero-order chi connectivity index (χ0) is 9.97. The summed E-state index contributed by atoms with van der Waals surface area (Å²) in [5, 5.41) is 7.95. The van der Waals surface area contributed by atoms with Crippen LogP contribution in [-0.2, 0) is 13.1 Å². The van der Waals surface area contributed by atoms with Crippen molar-refractivity contribution in [2.45, 2.75) is 13.1 Å². The van der Waals surface area contributed by atoms with Crippen LogP contribution in [0.25, 0.3) is 0 Å². The monoisotopic (exact) mass is 257 g/mol. The predicted octanol–water partition coefficient (Wildman–Crippen LogP) is -0.0855.